The number of pyridine rings is 1. The van der Waals surface area contributed by atoms with Crippen LogP contribution in [0.1, 0.15) is 71.3 Å². The Kier molecular flexibility index (Phi) is 8.47. The fraction of sp³-hybridized carbons (Fsp3) is 0.312. The molecule has 0 aliphatic heterocycles. The lowest BCUT2D eigenvalue weighted by atomic mass is 9.99. The second-order valence-electron chi connectivity index (χ2n) is 11.0. The number of fused-ring (bicyclic) bond motifs is 1. The summed E-state index contributed by atoms with van der Waals surface area (Å²) >= 11 is 0. The Balaban J connectivity index is 1.60. The fourth-order valence-electron chi connectivity index (χ4n) is 4.58. The van der Waals surface area contributed by atoms with E-state index in [1.165, 1.54) is 7.11 Å². The Bertz CT molecular complexity index is 1620. The molecule has 214 valence electrons. The van der Waals surface area contributed by atoms with Crippen molar-refractivity contribution in [2.24, 2.45) is 7.05 Å². The number of aryl methyl sites for hydroxylation is 2. The number of hydrogen-bond donors (Lipinski definition) is 2. The summed E-state index contributed by atoms with van der Waals surface area (Å²) in [4.78, 5) is 42.6. The molecular formula is C32H36N4O5. The monoisotopic (exact) mass is 556 g/mol. The molecule has 4 aromatic rings. The number of esters is 1. The van der Waals surface area contributed by atoms with Gasteiger partial charge in [0.25, 0.3) is 5.91 Å². The second-order valence-corrected chi connectivity index (χ2v) is 11.0. The molecule has 1 atom stereocenters. The molecule has 9 nitrogen and oxygen atoms in total. The second kappa shape index (κ2) is 11.8. The molecule has 0 aliphatic carbocycles. The summed E-state index contributed by atoms with van der Waals surface area (Å²) in [6.07, 6.45) is 1.31. The molecule has 41 heavy (non-hydrogen) atoms. The molecule has 2 amide bonds. The van der Waals surface area contributed by atoms with Gasteiger partial charge in [-0.25, -0.2) is 14.6 Å². The normalized spacial score (nSPS) is 12.1. The van der Waals surface area contributed by atoms with Gasteiger partial charge in [0.1, 0.15) is 11.3 Å². The zero-order valence-electron chi connectivity index (χ0n) is 24.5. The standard InChI is InChI=1S/C32H36N4O5/c1-19-12-13-21(17-33-31(39)41-32(3,4)5)14-24(19)29(37)34-20(2)25-16-27(35-26-11-9-8-10-23(25)26)22-15-28(30(38)40-7)36(6)18-22/h8-16,18,20H,17H2,1-7H3,(H,33,39)(H,34,37)/t20-/m1/s1. The van der Waals surface area contributed by atoms with E-state index in [1.807, 2.05) is 62.5 Å². The third-order valence-corrected chi connectivity index (χ3v) is 6.64. The molecule has 2 N–H and O–H groups in total. The van der Waals surface area contributed by atoms with Gasteiger partial charge in [-0.2, -0.15) is 0 Å². The Hall–Kier alpha value is -4.66. The summed E-state index contributed by atoms with van der Waals surface area (Å²) in [7, 11) is 3.13. The molecular weight excluding hydrogens is 520 g/mol. The van der Waals surface area contributed by atoms with Crippen LogP contribution in [0.3, 0.4) is 0 Å². The van der Waals surface area contributed by atoms with Crippen molar-refractivity contribution >= 4 is 28.9 Å². The summed E-state index contributed by atoms with van der Waals surface area (Å²) in [6.45, 7) is 9.44. The van der Waals surface area contributed by atoms with Crippen LogP contribution in [0.2, 0.25) is 0 Å². The highest BCUT2D eigenvalue weighted by molar-refractivity contribution is 5.97. The Labute approximate surface area is 239 Å². The number of amides is 2. The van der Waals surface area contributed by atoms with Gasteiger partial charge in [-0.3, -0.25) is 4.79 Å². The van der Waals surface area contributed by atoms with Crippen molar-refractivity contribution in [1.82, 2.24) is 20.2 Å². The lowest BCUT2D eigenvalue weighted by Gasteiger charge is -2.20. The van der Waals surface area contributed by atoms with Crippen LogP contribution in [0.15, 0.2) is 60.8 Å². The molecule has 0 spiro atoms. The Morgan fingerprint density at radius 1 is 1.05 bits per heavy atom. The summed E-state index contributed by atoms with van der Waals surface area (Å²) in [5, 5.41) is 6.79. The van der Waals surface area contributed by atoms with Crippen molar-refractivity contribution < 1.29 is 23.9 Å². The number of methoxy groups -OCH3 is 1. The molecule has 0 saturated carbocycles. The molecule has 2 aromatic carbocycles. The molecule has 0 bridgehead atoms. The summed E-state index contributed by atoms with van der Waals surface area (Å²) in [5.74, 6) is -0.663. The van der Waals surface area contributed by atoms with E-state index in [0.29, 0.717) is 17.0 Å². The third kappa shape index (κ3) is 6.92. The highest BCUT2D eigenvalue weighted by Gasteiger charge is 2.20. The van der Waals surface area contributed by atoms with Crippen LogP contribution in [0.4, 0.5) is 4.79 Å². The van der Waals surface area contributed by atoms with Crippen LogP contribution in [0.25, 0.3) is 22.2 Å². The smallest absolute Gasteiger partial charge is 0.407 e. The summed E-state index contributed by atoms with van der Waals surface area (Å²) in [5.41, 5.74) is 5.04. The van der Waals surface area contributed by atoms with Gasteiger partial charge in [0.2, 0.25) is 0 Å². The van der Waals surface area contributed by atoms with Crippen LogP contribution in [0, 0.1) is 6.92 Å². The predicted molar refractivity (Wildman–Crippen MR) is 158 cm³/mol. The number of benzene rings is 2. The molecule has 0 fully saturated rings. The van der Waals surface area contributed by atoms with Gasteiger partial charge in [0.05, 0.1) is 24.4 Å². The lowest BCUT2D eigenvalue weighted by molar-refractivity contribution is 0.0522. The highest BCUT2D eigenvalue weighted by Crippen LogP contribution is 2.30. The molecule has 0 aliphatic rings. The highest BCUT2D eigenvalue weighted by atomic mass is 16.6. The Morgan fingerprint density at radius 3 is 2.49 bits per heavy atom. The molecule has 2 heterocycles. The largest absolute Gasteiger partial charge is 0.464 e. The van der Waals surface area contributed by atoms with Crippen LogP contribution in [0.5, 0.6) is 0 Å². The van der Waals surface area contributed by atoms with Crippen LogP contribution in [-0.4, -0.2) is 40.2 Å². The van der Waals surface area contributed by atoms with Gasteiger partial charge in [-0.05, 0) is 75.6 Å². The van der Waals surface area contributed by atoms with E-state index < -0.39 is 17.7 Å². The summed E-state index contributed by atoms with van der Waals surface area (Å²) in [6, 6.07) is 16.6. The topological polar surface area (TPSA) is 112 Å². The maximum atomic E-state index is 13.5. The van der Waals surface area contributed by atoms with Crippen molar-refractivity contribution in [1.29, 1.82) is 0 Å². The van der Waals surface area contributed by atoms with Crippen molar-refractivity contribution in [3.8, 4) is 11.3 Å². The molecule has 0 radical (unpaired) electrons. The average molecular weight is 557 g/mol. The first kappa shape index (κ1) is 29.3. The van der Waals surface area contributed by atoms with E-state index in [9.17, 15) is 14.4 Å². The number of nitrogens with zero attached hydrogens (tertiary/aromatic N) is 2. The zero-order valence-corrected chi connectivity index (χ0v) is 24.5. The van der Waals surface area contributed by atoms with E-state index in [4.69, 9.17) is 14.5 Å². The van der Waals surface area contributed by atoms with E-state index in [1.54, 1.807) is 44.5 Å². The summed E-state index contributed by atoms with van der Waals surface area (Å²) < 4.78 is 11.9. The van der Waals surface area contributed by atoms with Gasteiger partial charge in [-0.1, -0.05) is 30.3 Å². The van der Waals surface area contributed by atoms with Crippen LogP contribution >= 0.6 is 0 Å². The number of nitrogens with one attached hydrogen (secondary N) is 2. The third-order valence-electron chi connectivity index (χ3n) is 6.64. The molecule has 0 unspecified atom stereocenters. The molecule has 2 aromatic heterocycles. The number of aromatic nitrogens is 2. The van der Waals surface area contributed by atoms with E-state index in [-0.39, 0.29) is 18.5 Å². The van der Waals surface area contributed by atoms with E-state index in [2.05, 4.69) is 10.6 Å². The maximum Gasteiger partial charge on any atom is 0.407 e. The number of rotatable bonds is 7. The lowest BCUT2D eigenvalue weighted by Crippen LogP contribution is -2.32. The molecule has 4 rings (SSSR count). The van der Waals surface area contributed by atoms with Crippen LogP contribution < -0.4 is 10.6 Å². The van der Waals surface area contributed by atoms with Gasteiger partial charge in [0, 0.05) is 36.3 Å². The fourth-order valence-corrected chi connectivity index (χ4v) is 4.58. The Morgan fingerprint density at radius 2 is 1.78 bits per heavy atom. The number of para-hydroxylation sites is 1. The number of hydrogen-bond acceptors (Lipinski definition) is 6. The minimum Gasteiger partial charge on any atom is -0.464 e. The van der Waals surface area contributed by atoms with Gasteiger partial charge in [-0.15, -0.1) is 0 Å². The molecule has 0 saturated heterocycles. The van der Waals surface area contributed by atoms with Gasteiger partial charge in [0.15, 0.2) is 0 Å². The number of alkyl carbamates (subject to hydrolysis) is 1. The average Bonchev–Trinajstić information content (AvgIpc) is 3.32. The first-order valence-corrected chi connectivity index (χ1v) is 13.4. The van der Waals surface area contributed by atoms with Crippen molar-refractivity contribution in [2.75, 3.05) is 7.11 Å². The van der Waals surface area contributed by atoms with Crippen molar-refractivity contribution in [3.63, 3.8) is 0 Å². The van der Waals surface area contributed by atoms with E-state index in [0.717, 1.165) is 33.2 Å². The van der Waals surface area contributed by atoms with Crippen molar-refractivity contribution in [2.45, 2.75) is 52.8 Å². The maximum absolute atomic E-state index is 13.5. The number of ether oxygens (including phenoxy) is 2. The van der Waals surface area contributed by atoms with E-state index >= 15 is 0 Å². The minimum atomic E-state index is -0.598. The number of carbonyl (C=O) groups excluding carboxylic acids is 3. The van der Waals surface area contributed by atoms with Crippen molar-refractivity contribution in [3.05, 3.63) is 88.7 Å². The minimum absolute atomic E-state index is 0.230. The van der Waals surface area contributed by atoms with Gasteiger partial charge >= 0.3 is 12.1 Å². The predicted octanol–water partition coefficient (Wildman–Crippen LogP) is 5.85. The first-order chi connectivity index (χ1) is 19.4. The quantitative estimate of drug-likeness (QED) is 0.276. The zero-order chi connectivity index (χ0) is 29.9. The van der Waals surface area contributed by atoms with Crippen LogP contribution in [-0.2, 0) is 23.1 Å². The van der Waals surface area contributed by atoms with Gasteiger partial charge < -0.3 is 24.7 Å². The molecule has 9 heteroatoms. The first-order valence-electron chi connectivity index (χ1n) is 13.4. The SMILES string of the molecule is COC(=O)c1cc(-c2cc([C@@H](C)NC(=O)c3cc(CNC(=O)OC(C)(C)C)ccc3C)c3ccccc3n2)cn1C. The number of carbonyl (C=O) groups is 3.